The average molecular weight is 447 g/mol. The number of para-hydroxylation sites is 1. The highest BCUT2D eigenvalue weighted by Gasteiger charge is 2.21. The van der Waals surface area contributed by atoms with Gasteiger partial charge in [0, 0.05) is 50.5 Å². The molecule has 0 aromatic heterocycles. The van der Waals surface area contributed by atoms with Crippen LogP contribution in [0.15, 0.2) is 48.5 Å². The molecular weight excluding hydrogens is 419 g/mol. The molecule has 2 fully saturated rings. The molecular formula is C23H28ClFN4O2. The molecule has 2 aromatic rings. The van der Waals surface area contributed by atoms with Crippen LogP contribution in [0.3, 0.4) is 0 Å². The van der Waals surface area contributed by atoms with Crippen molar-refractivity contribution in [3.8, 4) is 0 Å². The number of likely N-dealkylation sites (tertiary alicyclic amines) is 1. The molecule has 31 heavy (non-hydrogen) atoms. The Morgan fingerprint density at radius 2 is 1.52 bits per heavy atom. The Labute approximate surface area is 188 Å². The van der Waals surface area contributed by atoms with Crippen molar-refractivity contribution in [2.45, 2.75) is 12.8 Å². The summed E-state index contributed by atoms with van der Waals surface area (Å²) in [4.78, 5) is 30.8. The first-order chi connectivity index (χ1) is 14.6. The van der Waals surface area contributed by atoms with Crippen LogP contribution in [0.25, 0.3) is 0 Å². The Morgan fingerprint density at radius 3 is 2.16 bits per heavy atom. The molecule has 2 aliphatic rings. The van der Waals surface area contributed by atoms with Crippen LogP contribution >= 0.6 is 12.4 Å². The largest absolute Gasteiger partial charge is 0.367 e. The van der Waals surface area contributed by atoms with Gasteiger partial charge in [-0.05, 0) is 49.2 Å². The molecule has 0 bridgehead atoms. The lowest BCUT2D eigenvalue weighted by Gasteiger charge is -2.35. The lowest BCUT2D eigenvalue weighted by atomic mass is 10.2. The minimum atomic E-state index is -0.213. The minimum Gasteiger partial charge on any atom is -0.367 e. The number of hydrogen-bond donors (Lipinski definition) is 1. The van der Waals surface area contributed by atoms with Crippen molar-refractivity contribution in [2.75, 3.05) is 56.0 Å². The van der Waals surface area contributed by atoms with Gasteiger partial charge in [-0.25, -0.2) is 4.39 Å². The molecule has 0 unspecified atom stereocenters. The Kier molecular flexibility index (Phi) is 7.87. The number of rotatable bonds is 5. The standard InChI is InChI=1S/C23H27FN4O2.ClH/c24-20-5-1-2-6-21(20)27-15-13-26(14-16-27)17-22(29)25-19-9-7-18(8-10-19)23(30)28-11-3-4-12-28;/h1-2,5-10H,3-4,11-17H2,(H,25,29);1H. The molecule has 8 heteroatoms. The van der Waals surface area contributed by atoms with Crippen molar-refractivity contribution in [3.63, 3.8) is 0 Å². The van der Waals surface area contributed by atoms with Gasteiger partial charge in [-0.15, -0.1) is 12.4 Å². The quantitative estimate of drug-likeness (QED) is 0.766. The molecule has 1 N–H and O–H groups in total. The zero-order chi connectivity index (χ0) is 20.9. The van der Waals surface area contributed by atoms with Gasteiger partial charge in [-0.1, -0.05) is 12.1 Å². The number of benzene rings is 2. The monoisotopic (exact) mass is 446 g/mol. The zero-order valence-corrected chi connectivity index (χ0v) is 18.2. The molecule has 6 nitrogen and oxygen atoms in total. The van der Waals surface area contributed by atoms with E-state index in [1.54, 1.807) is 36.4 Å². The number of hydrogen-bond acceptors (Lipinski definition) is 4. The van der Waals surface area contributed by atoms with Crippen molar-refractivity contribution in [3.05, 3.63) is 59.9 Å². The fraction of sp³-hybridized carbons (Fsp3) is 0.391. The summed E-state index contributed by atoms with van der Waals surface area (Å²) >= 11 is 0. The number of piperazine rings is 1. The lowest BCUT2D eigenvalue weighted by Crippen LogP contribution is -2.48. The van der Waals surface area contributed by atoms with E-state index in [9.17, 15) is 14.0 Å². The van der Waals surface area contributed by atoms with Gasteiger partial charge in [0.15, 0.2) is 0 Å². The fourth-order valence-electron chi connectivity index (χ4n) is 4.06. The summed E-state index contributed by atoms with van der Waals surface area (Å²) in [6.45, 7) is 4.70. The number of anilines is 2. The number of amides is 2. The van der Waals surface area contributed by atoms with Gasteiger partial charge in [0.05, 0.1) is 12.2 Å². The number of carbonyl (C=O) groups excluding carboxylic acids is 2. The lowest BCUT2D eigenvalue weighted by molar-refractivity contribution is -0.117. The van der Waals surface area contributed by atoms with Crippen LogP contribution < -0.4 is 10.2 Å². The molecule has 2 heterocycles. The molecule has 0 atom stereocenters. The Balaban J connectivity index is 0.00000272. The topological polar surface area (TPSA) is 55.9 Å². The fourth-order valence-corrected chi connectivity index (χ4v) is 4.06. The highest BCUT2D eigenvalue weighted by molar-refractivity contribution is 5.96. The molecule has 4 rings (SSSR count). The van der Waals surface area contributed by atoms with Crippen LogP contribution in [0.2, 0.25) is 0 Å². The van der Waals surface area contributed by atoms with E-state index in [1.807, 2.05) is 15.9 Å². The summed E-state index contributed by atoms with van der Waals surface area (Å²) in [6.07, 6.45) is 2.13. The number of nitrogens with zero attached hydrogens (tertiary/aromatic N) is 3. The molecule has 2 amide bonds. The van der Waals surface area contributed by atoms with E-state index in [0.717, 1.165) is 25.9 Å². The second-order valence-corrected chi connectivity index (χ2v) is 7.84. The number of carbonyl (C=O) groups is 2. The summed E-state index contributed by atoms with van der Waals surface area (Å²) < 4.78 is 13.9. The zero-order valence-electron chi connectivity index (χ0n) is 17.4. The van der Waals surface area contributed by atoms with Crippen molar-refractivity contribution < 1.29 is 14.0 Å². The van der Waals surface area contributed by atoms with Gasteiger partial charge < -0.3 is 15.1 Å². The van der Waals surface area contributed by atoms with Crippen LogP contribution in [0.4, 0.5) is 15.8 Å². The first kappa shape index (κ1) is 23.0. The molecule has 2 aromatic carbocycles. The maximum absolute atomic E-state index is 13.9. The number of nitrogens with one attached hydrogen (secondary N) is 1. The first-order valence-corrected chi connectivity index (χ1v) is 10.5. The van der Waals surface area contributed by atoms with E-state index in [2.05, 4.69) is 10.2 Å². The molecule has 0 saturated carbocycles. The second-order valence-electron chi connectivity index (χ2n) is 7.84. The smallest absolute Gasteiger partial charge is 0.253 e. The minimum absolute atomic E-state index is 0. The summed E-state index contributed by atoms with van der Waals surface area (Å²) in [5.74, 6) is -0.249. The highest BCUT2D eigenvalue weighted by Crippen LogP contribution is 2.20. The molecule has 0 radical (unpaired) electrons. The van der Waals surface area contributed by atoms with E-state index in [0.29, 0.717) is 49.7 Å². The van der Waals surface area contributed by atoms with Crippen LogP contribution in [-0.4, -0.2) is 67.4 Å². The third-order valence-electron chi connectivity index (χ3n) is 5.74. The van der Waals surface area contributed by atoms with Gasteiger partial charge in [0.2, 0.25) is 5.91 Å². The molecule has 2 aliphatic heterocycles. The van der Waals surface area contributed by atoms with Gasteiger partial charge >= 0.3 is 0 Å². The summed E-state index contributed by atoms with van der Waals surface area (Å²) in [5, 5.41) is 2.90. The van der Waals surface area contributed by atoms with Gasteiger partial charge in [0.1, 0.15) is 5.82 Å². The highest BCUT2D eigenvalue weighted by atomic mass is 35.5. The molecule has 166 valence electrons. The van der Waals surface area contributed by atoms with Gasteiger partial charge in [0.25, 0.3) is 5.91 Å². The van der Waals surface area contributed by atoms with Crippen molar-refractivity contribution in [2.24, 2.45) is 0 Å². The maximum Gasteiger partial charge on any atom is 0.253 e. The molecule has 0 spiro atoms. The summed E-state index contributed by atoms with van der Waals surface area (Å²) in [5.41, 5.74) is 1.95. The Bertz CT molecular complexity index is 895. The predicted octanol–water partition coefficient (Wildman–Crippen LogP) is 3.24. The second kappa shape index (κ2) is 10.6. The predicted molar refractivity (Wildman–Crippen MR) is 123 cm³/mol. The molecule has 2 saturated heterocycles. The van der Waals surface area contributed by atoms with Crippen molar-refractivity contribution >= 4 is 35.6 Å². The average Bonchev–Trinajstić information content (AvgIpc) is 3.30. The van der Waals surface area contributed by atoms with E-state index in [1.165, 1.54) is 6.07 Å². The van der Waals surface area contributed by atoms with Crippen LogP contribution in [0, 0.1) is 5.82 Å². The van der Waals surface area contributed by atoms with Crippen LogP contribution in [0.5, 0.6) is 0 Å². The Hall–Kier alpha value is -2.64. The van der Waals surface area contributed by atoms with E-state index < -0.39 is 0 Å². The Morgan fingerprint density at radius 1 is 0.871 bits per heavy atom. The normalized spacial score (nSPS) is 16.7. The van der Waals surface area contributed by atoms with E-state index in [4.69, 9.17) is 0 Å². The summed E-state index contributed by atoms with van der Waals surface area (Å²) in [7, 11) is 0. The van der Waals surface area contributed by atoms with Crippen LogP contribution in [-0.2, 0) is 4.79 Å². The third-order valence-corrected chi connectivity index (χ3v) is 5.74. The first-order valence-electron chi connectivity index (χ1n) is 10.5. The van der Waals surface area contributed by atoms with Crippen molar-refractivity contribution in [1.29, 1.82) is 0 Å². The maximum atomic E-state index is 13.9. The summed E-state index contributed by atoms with van der Waals surface area (Å²) in [6, 6.07) is 13.9. The van der Waals surface area contributed by atoms with E-state index in [-0.39, 0.29) is 30.0 Å². The third kappa shape index (κ3) is 5.74. The van der Waals surface area contributed by atoms with Gasteiger partial charge in [-0.2, -0.15) is 0 Å². The number of halogens is 2. The van der Waals surface area contributed by atoms with Crippen LogP contribution in [0.1, 0.15) is 23.2 Å². The van der Waals surface area contributed by atoms with E-state index >= 15 is 0 Å². The van der Waals surface area contributed by atoms with Crippen molar-refractivity contribution in [1.82, 2.24) is 9.80 Å². The molecule has 0 aliphatic carbocycles. The van der Waals surface area contributed by atoms with Gasteiger partial charge in [-0.3, -0.25) is 14.5 Å². The SMILES string of the molecule is Cl.O=C(CN1CCN(c2ccccc2F)CC1)Nc1ccc(C(=O)N2CCCC2)cc1.